The number of ether oxygens (including phenoxy) is 1. The number of aryl methyl sites for hydroxylation is 1. The van der Waals surface area contributed by atoms with E-state index < -0.39 is 12.1 Å². The van der Waals surface area contributed by atoms with E-state index in [-0.39, 0.29) is 5.91 Å². The number of carbonyl (C=O) groups excluding carboxylic acids is 1. The smallest absolute Gasteiger partial charge is 0.475 e. The molecule has 9 heteroatoms. The van der Waals surface area contributed by atoms with Crippen molar-refractivity contribution in [3.05, 3.63) is 35.4 Å². The highest BCUT2D eigenvalue weighted by Crippen LogP contribution is 2.31. The summed E-state index contributed by atoms with van der Waals surface area (Å²) in [6, 6.07) is 8.82. The maximum Gasteiger partial charge on any atom is 0.490 e. The monoisotopic (exact) mass is 416 g/mol. The van der Waals surface area contributed by atoms with Crippen molar-refractivity contribution in [2.24, 2.45) is 5.92 Å². The van der Waals surface area contributed by atoms with E-state index in [1.54, 1.807) is 7.11 Å². The highest BCUT2D eigenvalue weighted by molar-refractivity contribution is 5.79. The summed E-state index contributed by atoms with van der Waals surface area (Å²) >= 11 is 0. The van der Waals surface area contributed by atoms with Gasteiger partial charge in [0, 0.05) is 32.8 Å². The summed E-state index contributed by atoms with van der Waals surface area (Å²) < 4.78 is 36.9. The molecule has 2 heterocycles. The molecule has 0 aliphatic carbocycles. The minimum Gasteiger partial charge on any atom is -0.475 e. The summed E-state index contributed by atoms with van der Waals surface area (Å²) in [5.74, 6) is -1.84. The van der Waals surface area contributed by atoms with E-state index in [9.17, 15) is 18.0 Å². The molecule has 0 radical (unpaired) electrons. The second kappa shape index (κ2) is 10.1. The normalized spacial score (nSPS) is 21.5. The molecule has 162 valence electrons. The van der Waals surface area contributed by atoms with Crippen LogP contribution in [0, 0.1) is 12.8 Å². The van der Waals surface area contributed by atoms with Crippen molar-refractivity contribution in [1.82, 2.24) is 9.80 Å². The first kappa shape index (κ1) is 23.2. The molecule has 1 aromatic carbocycles. The maximum atomic E-state index is 12.5. The minimum absolute atomic E-state index is 0.268. The first-order valence-corrected chi connectivity index (χ1v) is 9.48. The molecular weight excluding hydrogens is 389 g/mol. The molecule has 0 aromatic heterocycles. The van der Waals surface area contributed by atoms with Crippen LogP contribution in [-0.2, 0) is 20.7 Å². The lowest BCUT2D eigenvalue weighted by atomic mass is 10.1. The molecule has 0 spiro atoms. The Balaban J connectivity index is 0.000000370. The Morgan fingerprint density at radius 1 is 1.21 bits per heavy atom. The third kappa shape index (κ3) is 6.71. The van der Waals surface area contributed by atoms with Gasteiger partial charge in [0.25, 0.3) is 0 Å². The van der Waals surface area contributed by atoms with Crippen LogP contribution < -0.4 is 0 Å². The van der Waals surface area contributed by atoms with Crippen LogP contribution in [0.3, 0.4) is 0 Å². The van der Waals surface area contributed by atoms with Gasteiger partial charge in [-0.3, -0.25) is 9.69 Å². The SMILES string of the molecule is COCCN1CC[C@@H]2CN(C(=O)Cc3ccc(C)cc3)C[C@@H]21.O=C(O)C(F)(F)F. The third-order valence-electron chi connectivity index (χ3n) is 5.32. The summed E-state index contributed by atoms with van der Waals surface area (Å²) in [6.45, 7) is 6.80. The van der Waals surface area contributed by atoms with Gasteiger partial charge in [0.1, 0.15) is 0 Å². The number of halogens is 3. The fraction of sp³-hybridized carbons (Fsp3) is 0.600. The largest absolute Gasteiger partial charge is 0.490 e. The number of hydrogen-bond donors (Lipinski definition) is 1. The second-order valence-corrected chi connectivity index (χ2v) is 7.41. The Kier molecular flexibility index (Phi) is 8.04. The number of aliphatic carboxylic acids is 1. The molecule has 0 saturated carbocycles. The zero-order valence-corrected chi connectivity index (χ0v) is 16.6. The van der Waals surface area contributed by atoms with Crippen LogP contribution in [0.5, 0.6) is 0 Å². The molecule has 2 aliphatic rings. The van der Waals surface area contributed by atoms with Gasteiger partial charge in [-0.05, 0) is 31.4 Å². The van der Waals surface area contributed by atoms with E-state index in [2.05, 4.69) is 41.0 Å². The van der Waals surface area contributed by atoms with Crippen molar-refractivity contribution < 1.29 is 32.6 Å². The van der Waals surface area contributed by atoms with E-state index in [4.69, 9.17) is 14.6 Å². The van der Waals surface area contributed by atoms with Crippen molar-refractivity contribution >= 4 is 11.9 Å². The fourth-order valence-electron chi connectivity index (χ4n) is 3.73. The molecule has 0 unspecified atom stereocenters. The van der Waals surface area contributed by atoms with Crippen LogP contribution in [0.15, 0.2) is 24.3 Å². The molecule has 2 aliphatic heterocycles. The zero-order valence-electron chi connectivity index (χ0n) is 16.6. The summed E-state index contributed by atoms with van der Waals surface area (Å²) in [6.07, 6.45) is -3.35. The lowest BCUT2D eigenvalue weighted by molar-refractivity contribution is -0.192. The summed E-state index contributed by atoms with van der Waals surface area (Å²) in [5, 5.41) is 7.12. The molecule has 1 aromatic rings. The average Bonchev–Trinajstić information content (AvgIpc) is 3.23. The van der Waals surface area contributed by atoms with Crippen molar-refractivity contribution in [2.45, 2.75) is 32.0 Å². The van der Waals surface area contributed by atoms with Crippen molar-refractivity contribution in [2.75, 3.05) is 39.9 Å². The lowest BCUT2D eigenvalue weighted by Crippen LogP contribution is -2.39. The Morgan fingerprint density at radius 2 is 1.83 bits per heavy atom. The lowest BCUT2D eigenvalue weighted by Gasteiger charge is -2.24. The number of hydrogen-bond acceptors (Lipinski definition) is 4. The van der Waals surface area contributed by atoms with Gasteiger partial charge in [0.15, 0.2) is 0 Å². The summed E-state index contributed by atoms with van der Waals surface area (Å²) in [5.41, 5.74) is 2.35. The van der Waals surface area contributed by atoms with E-state index in [1.807, 2.05) is 0 Å². The molecule has 2 fully saturated rings. The van der Waals surface area contributed by atoms with Crippen LogP contribution in [0.2, 0.25) is 0 Å². The first-order valence-electron chi connectivity index (χ1n) is 9.48. The number of fused-ring (bicyclic) bond motifs is 1. The number of carboxylic acid groups (broad SMARTS) is 1. The van der Waals surface area contributed by atoms with Crippen molar-refractivity contribution in [3.8, 4) is 0 Å². The van der Waals surface area contributed by atoms with E-state index in [1.165, 1.54) is 12.0 Å². The molecule has 2 saturated heterocycles. The quantitative estimate of drug-likeness (QED) is 0.798. The highest BCUT2D eigenvalue weighted by atomic mass is 19.4. The van der Waals surface area contributed by atoms with Gasteiger partial charge in [0.2, 0.25) is 5.91 Å². The van der Waals surface area contributed by atoms with Gasteiger partial charge >= 0.3 is 12.1 Å². The van der Waals surface area contributed by atoms with Gasteiger partial charge in [-0.15, -0.1) is 0 Å². The van der Waals surface area contributed by atoms with Crippen molar-refractivity contribution in [1.29, 1.82) is 0 Å². The predicted octanol–water partition coefficient (Wildman–Crippen LogP) is 2.35. The van der Waals surface area contributed by atoms with Gasteiger partial charge in [0.05, 0.1) is 13.0 Å². The molecule has 1 amide bonds. The highest BCUT2D eigenvalue weighted by Gasteiger charge is 2.42. The summed E-state index contributed by atoms with van der Waals surface area (Å²) in [7, 11) is 1.75. The fourth-order valence-corrected chi connectivity index (χ4v) is 3.73. The zero-order chi connectivity index (χ0) is 21.6. The van der Waals surface area contributed by atoms with Crippen LogP contribution in [0.1, 0.15) is 17.5 Å². The second-order valence-electron chi connectivity index (χ2n) is 7.41. The number of methoxy groups -OCH3 is 1. The van der Waals surface area contributed by atoms with Gasteiger partial charge in [-0.1, -0.05) is 29.8 Å². The Hall–Kier alpha value is -2.13. The number of carbonyl (C=O) groups is 2. The topological polar surface area (TPSA) is 70.1 Å². The standard InChI is InChI=1S/C18H26N2O2.C2HF3O2/c1-14-3-5-15(6-4-14)11-18(21)20-12-16-7-8-19(9-10-22-2)17(16)13-20;3-2(4,5)1(6)7/h3-6,16-17H,7-13H2,1-2H3;(H,6,7)/t16-,17+;/m1./s1. The molecule has 2 atom stereocenters. The number of nitrogens with zero attached hydrogens (tertiary/aromatic N) is 2. The van der Waals surface area contributed by atoms with E-state index >= 15 is 0 Å². The van der Waals surface area contributed by atoms with Gasteiger partial charge in [-0.25, -0.2) is 4.79 Å². The van der Waals surface area contributed by atoms with Crippen molar-refractivity contribution in [3.63, 3.8) is 0 Å². The number of rotatable bonds is 5. The van der Waals surface area contributed by atoms with Crippen LogP contribution in [-0.4, -0.2) is 78.9 Å². The Bertz CT molecular complexity index is 694. The molecule has 6 nitrogen and oxygen atoms in total. The van der Waals surface area contributed by atoms with Crippen LogP contribution >= 0.6 is 0 Å². The predicted molar refractivity (Wildman–Crippen MR) is 100 cm³/mol. The molecule has 1 N–H and O–H groups in total. The average molecular weight is 416 g/mol. The molecular formula is C20H27F3N2O4. The van der Waals surface area contributed by atoms with Crippen LogP contribution in [0.25, 0.3) is 0 Å². The summed E-state index contributed by atoms with van der Waals surface area (Å²) in [4.78, 5) is 26.0. The number of carboxylic acids is 1. The van der Waals surface area contributed by atoms with Gasteiger partial charge in [-0.2, -0.15) is 13.2 Å². The Labute approximate surface area is 168 Å². The Morgan fingerprint density at radius 3 is 2.38 bits per heavy atom. The first-order chi connectivity index (χ1) is 13.6. The van der Waals surface area contributed by atoms with Gasteiger partial charge < -0.3 is 14.7 Å². The van der Waals surface area contributed by atoms with E-state index in [0.29, 0.717) is 18.4 Å². The molecule has 3 rings (SSSR count). The maximum absolute atomic E-state index is 12.5. The molecule has 0 bridgehead atoms. The molecule has 29 heavy (non-hydrogen) atoms. The minimum atomic E-state index is -5.08. The number of likely N-dealkylation sites (tertiary alicyclic amines) is 2. The number of amides is 1. The van der Waals surface area contributed by atoms with E-state index in [0.717, 1.165) is 38.3 Å². The number of alkyl halides is 3. The third-order valence-corrected chi connectivity index (χ3v) is 5.32. The number of benzene rings is 1. The van der Waals surface area contributed by atoms with Crippen LogP contribution in [0.4, 0.5) is 13.2 Å².